The Kier molecular flexibility index (Phi) is 9.08. The second-order valence-corrected chi connectivity index (χ2v) is 8.16. The molecule has 6 nitrogen and oxygen atoms in total. The Morgan fingerprint density at radius 2 is 1.42 bits per heavy atom. The number of hydrogen-bond donors (Lipinski definition) is 2. The van der Waals surface area contributed by atoms with E-state index in [1.54, 1.807) is 30.3 Å². The van der Waals surface area contributed by atoms with Gasteiger partial charge in [0.25, 0.3) is 10.0 Å². The Morgan fingerprint density at radius 1 is 0.848 bits per heavy atom. The van der Waals surface area contributed by atoms with Crippen LogP contribution in [0.15, 0.2) is 144 Å². The Hall–Kier alpha value is -4.23. The summed E-state index contributed by atoms with van der Waals surface area (Å²) in [6.45, 7) is 14.7. The van der Waals surface area contributed by atoms with E-state index >= 15 is 0 Å². The van der Waals surface area contributed by atoms with Crippen molar-refractivity contribution in [3.8, 4) is 0 Å². The van der Waals surface area contributed by atoms with Gasteiger partial charge in [-0.3, -0.25) is 14.9 Å². The normalized spacial score (nSPS) is 11.6. The predicted octanol–water partition coefficient (Wildman–Crippen LogP) is 4.93. The van der Waals surface area contributed by atoms with Crippen molar-refractivity contribution in [1.82, 2.24) is 4.72 Å². The third-order valence-corrected chi connectivity index (χ3v) is 5.69. The van der Waals surface area contributed by atoms with Gasteiger partial charge in [0.1, 0.15) is 5.71 Å². The fourth-order valence-electron chi connectivity index (χ4n) is 2.74. The third-order valence-electron chi connectivity index (χ3n) is 4.31. The minimum absolute atomic E-state index is 0.00656. The molecule has 2 aromatic rings. The van der Waals surface area contributed by atoms with Gasteiger partial charge in [-0.05, 0) is 42.0 Å². The summed E-state index contributed by atoms with van der Waals surface area (Å²) >= 11 is 0. The average Bonchev–Trinajstić information content (AvgIpc) is 2.83. The molecule has 0 saturated carbocycles. The van der Waals surface area contributed by atoms with Gasteiger partial charge in [0.05, 0.1) is 21.9 Å². The highest BCUT2D eigenvalue weighted by atomic mass is 32.2. The molecule has 0 unspecified atom stereocenters. The largest absolute Gasteiger partial charge is 0.287 e. The predicted molar refractivity (Wildman–Crippen MR) is 135 cm³/mol. The summed E-state index contributed by atoms with van der Waals surface area (Å²) in [5.74, 6) is -0.591. The Bertz CT molecular complexity index is 1230. The van der Waals surface area contributed by atoms with Crippen LogP contribution >= 0.6 is 0 Å². The molecule has 0 fully saturated rings. The molecular weight excluding hydrogens is 434 g/mol. The van der Waals surface area contributed by atoms with Crippen molar-refractivity contribution in [2.75, 3.05) is 5.43 Å². The first-order valence-corrected chi connectivity index (χ1v) is 11.3. The van der Waals surface area contributed by atoms with Crippen molar-refractivity contribution in [2.24, 2.45) is 5.10 Å². The number of sulfonamides is 1. The summed E-state index contributed by atoms with van der Waals surface area (Å²) in [6, 6.07) is 16.8. The lowest BCUT2D eigenvalue weighted by Gasteiger charge is -2.16. The second-order valence-electron chi connectivity index (χ2n) is 6.48. The summed E-state index contributed by atoms with van der Waals surface area (Å²) in [7, 11) is -4.00. The summed E-state index contributed by atoms with van der Waals surface area (Å²) < 4.78 is 28.4. The van der Waals surface area contributed by atoms with E-state index in [0.717, 1.165) is 0 Å². The summed E-state index contributed by atoms with van der Waals surface area (Å²) in [6.07, 6.45) is 6.83. The molecule has 0 saturated heterocycles. The fraction of sp³-hybridized carbons (Fsp3) is 0. The van der Waals surface area contributed by atoms with Crippen molar-refractivity contribution in [3.63, 3.8) is 0 Å². The van der Waals surface area contributed by atoms with E-state index in [4.69, 9.17) is 0 Å². The van der Waals surface area contributed by atoms with Crippen molar-refractivity contribution in [1.29, 1.82) is 0 Å². The molecule has 0 spiro atoms. The van der Waals surface area contributed by atoms with E-state index < -0.39 is 15.8 Å². The maximum atomic E-state index is 13.5. The molecule has 7 heteroatoms. The number of benzene rings is 2. The zero-order chi connectivity index (χ0) is 24.3. The number of ketones is 1. The standard InChI is InChI=1S/C26H25N3O3S/c1-5-15-24(29-33(31,32)22-18-13-10-14-19-22)25(20(6-2)7-3)26(30)23(8-4)28-27-21-16-11-9-12-17-21/h5-19,27,29H,1-4H2/b24-15+,28-23?. The maximum Gasteiger partial charge on any atom is 0.261 e. The number of allylic oxidation sites excluding steroid dienone is 7. The first kappa shape index (κ1) is 25.0. The van der Waals surface area contributed by atoms with Gasteiger partial charge in [-0.2, -0.15) is 5.10 Å². The number of carbonyl (C=O) groups excluding carboxylic acids is 1. The van der Waals surface area contributed by atoms with Gasteiger partial charge in [-0.15, -0.1) is 0 Å². The van der Waals surface area contributed by atoms with Crippen LogP contribution in [0.5, 0.6) is 0 Å². The zero-order valence-corrected chi connectivity index (χ0v) is 18.9. The van der Waals surface area contributed by atoms with E-state index in [1.165, 1.54) is 42.5 Å². The second kappa shape index (κ2) is 12.0. The van der Waals surface area contributed by atoms with Crippen molar-refractivity contribution in [3.05, 3.63) is 134 Å². The van der Waals surface area contributed by atoms with E-state index in [2.05, 4.69) is 41.6 Å². The quantitative estimate of drug-likeness (QED) is 0.204. The van der Waals surface area contributed by atoms with Crippen molar-refractivity contribution < 1.29 is 13.2 Å². The molecule has 2 aromatic carbocycles. The van der Waals surface area contributed by atoms with Crippen LogP contribution in [0.1, 0.15) is 0 Å². The molecular formula is C26H25N3O3S. The molecule has 168 valence electrons. The SMILES string of the molecule is C=C/C=C(/NS(=O)(=O)c1ccccc1)C(C(=O)C(C=C)=NNc1ccccc1)=C(C=C)C=C. The lowest BCUT2D eigenvalue weighted by Crippen LogP contribution is -2.29. The molecule has 0 bridgehead atoms. The van der Waals surface area contributed by atoms with E-state index in [-0.39, 0.29) is 21.9 Å². The molecule has 33 heavy (non-hydrogen) atoms. The van der Waals surface area contributed by atoms with Gasteiger partial charge in [0, 0.05) is 0 Å². The number of para-hydroxylation sites is 1. The Labute approximate surface area is 194 Å². The van der Waals surface area contributed by atoms with Crippen LogP contribution in [0.4, 0.5) is 5.69 Å². The van der Waals surface area contributed by atoms with Gasteiger partial charge in [0.2, 0.25) is 5.78 Å². The molecule has 0 aliphatic heterocycles. The Morgan fingerprint density at radius 3 is 1.94 bits per heavy atom. The molecule has 0 aliphatic carbocycles. The van der Waals surface area contributed by atoms with Crippen LogP contribution in [0.2, 0.25) is 0 Å². The van der Waals surface area contributed by atoms with Gasteiger partial charge in [0.15, 0.2) is 0 Å². The monoisotopic (exact) mass is 459 g/mol. The molecule has 2 rings (SSSR count). The van der Waals surface area contributed by atoms with E-state index in [0.29, 0.717) is 11.3 Å². The number of rotatable bonds is 12. The molecule has 0 aromatic heterocycles. The fourth-order valence-corrected chi connectivity index (χ4v) is 3.83. The zero-order valence-electron chi connectivity index (χ0n) is 18.1. The van der Waals surface area contributed by atoms with Gasteiger partial charge in [-0.1, -0.05) is 80.9 Å². The van der Waals surface area contributed by atoms with Crippen molar-refractivity contribution >= 4 is 27.2 Å². The average molecular weight is 460 g/mol. The Balaban J connectivity index is 2.56. The number of anilines is 1. The maximum absolute atomic E-state index is 13.5. The van der Waals surface area contributed by atoms with Gasteiger partial charge < -0.3 is 0 Å². The number of nitrogens with zero attached hydrogens (tertiary/aromatic N) is 1. The van der Waals surface area contributed by atoms with Crippen molar-refractivity contribution in [2.45, 2.75) is 4.90 Å². The molecule has 0 aliphatic rings. The first-order chi connectivity index (χ1) is 15.9. The number of carbonyl (C=O) groups is 1. The molecule has 2 N–H and O–H groups in total. The third kappa shape index (κ3) is 6.62. The summed E-state index contributed by atoms with van der Waals surface area (Å²) in [5.41, 5.74) is 3.70. The van der Waals surface area contributed by atoms with Gasteiger partial charge >= 0.3 is 0 Å². The van der Waals surface area contributed by atoms with Crippen LogP contribution in [0.3, 0.4) is 0 Å². The van der Waals surface area contributed by atoms with Crippen LogP contribution in [-0.4, -0.2) is 19.9 Å². The highest BCUT2D eigenvalue weighted by Crippen LogP contribution is 2.21. The topological polar surface area (TPSA) is 87.6 Å². The minimum atomic E-state index is -4.00. The molecule has 0 heterocycles. The van der Waals surface area contributed by atoms with E-state index in [1.807, 2.05) is 18.2 Å². The number of Topliss-reactive ketones (excluding diaryl/α,β-unsaturated/α-hetero) is 1. The molecule has 0 radical (unpaired) electrons. The highest BCUT2D eigenvalue weighted by molar-refractivity contribution is 7.89. The van der Waals surface area contributed by atoms with Crippen LogP contribution in [0, 0.1) is 0 Å². The molecule has 0 atom stereocenters. The van der Waals surface area contributed by atoms with Crippen LogP contribution < -0.4 is 10.1 Å². The smallest absolute Gasteiger partial charge is 0.261 e. The number of nitrogens with one attached hydrogen (secondary N) is 2. The van der Waals surface area contributed by atoms with Gasteiger partial charge in [-0.25, -0.2) is 8.42 Å². The summed E-state index contributed by atoms with van der Waals surface area (Å²) in [4.78, 5) is 13.5. The molecule has 0 amide bonds. The van der Waals surface area contributed by atoms with Crippen LogP contribution in [0.25, 0.3) is 0 Å². The minimum Gasteiger partial charge on any atom is -0.287 e. The van der Waals surface area contributed by atoms with Crippen LogP contribution in [-0.2, 0) is 14.8 Å². The van der Waals surface area contributed by atoms with E-state index in [9.17, 15) is 13.2 Å². The highest BCUT2D eigenvalue weighted by Gasteiger charge is 2.25. The number of hydrogen-bond acceptors (Lipinski definition) is 5. The summed E-state index contributed by atoms with van der Waals surface area (Å²) in [5, 5.41) is 4.15. The first-order valence-electron chi connectivity index (χ1n) is 9.84. The lowest BCUT2D eigenvalue weighted by atomic mass is 9.97. The number of hydrazone groups is 1. The lowest BCUT2D eigenvalue weighted by molar-refractivity contribution is -0.109.